The van der Waals surface area contributed by atoms with Gasteiger partial charge in [-0.1, -0.05) is 0 Å². The molecule has 0 aromatic heterocycles. The maximum Gasteiger partial charge on any atom is 0.265 e. The highest BCUT2D eigenvalue weighted by molar-refractivity contribution is 14.1. The average Bonchev–Trinajstić information content (AvgIpc) is 2.57. The van der Waals surface area contributed by atoms with Crippen LogP contribution >= 0.6 is 22.6 Å². The lowest BCUT2D eigenvalue weighted by atomic mass is 10.2. The van der Waals surface area contributed by atoms with Gasteiger partial charge in [0.15, 0.2) is 17.6 Å². The van der Waals surface area contributed by atoms with Gasteiger partial charge in [-0.15, -0.1) is 0 Å². The van der Waals surface area contributed by atoms with Crippen LogP contribution in [0.4, 0.5) is 5.69 Å². The molecule has 0 spiro atoms. The molecule has 0 bridgehead atoms. The number of hydrogen-bond donors (Lipinski definition) is 1. The Hall–Kier alpha value is -2.27. The van der Waals surface area contributed by atoms with Gasteiger partial charge in [0.05, 0.1) is 18.7 Å². The Morgan fingerprint density at radius 2 is 1.91 bits per heavy atom. The molecule has 2 aromatic carbocycles. The van der Waals surface area contributed by atoms with Crippen LogP contribution in [0.2, 0.25) is 0 Å². The number of ether oxygens (including phenoxy) is 2. The minimum absolute atomic E-state index is 0.266. The molecule has 0 aliphatic rings. The molecule has 118 valence electrons. The van der Waals surface area contributed by atoms with E-state index in [1.807, 2.05) is 30.3 Å². The molecule has 0 aliphatic heterocycles. The third kappa shape index (κ3) is 4.60. The molecule has 0 aliphatic carbocycles. The third-order valence-corrected chi connectivity index (χ3v) is 3.80. The predicted octanol–water partition coefficient (Wildman–Crippen LogP) is 3.58. The number of nitrogens with one attached hydrogen (secondary N) is 1. The summed E-state index contributed by atoms with van der Waals surface area (Å²) in [5, 5.41) is 11.7. The molecule has 0 saturated carbocycles. The fourth-order valence-corrected chi connectivity index (χ4v) is 2.22. The van der Waals surface area contributed by atoms with Gasteiger partial charge in [-0.05, 0) is 65.9 Å². The van der Waals surface area contributed by atoms with Gasteiger partial charge >= 0.3 is 0 Å². The van der Waals surface area contributed by atoms with Crippen molar-refractivity contribution >= 4 is 34.2 Å². The van der Waals surface area contributed by atoms with Gasteiger partial charge in [0.25, 0.3) is 5.91 Å². The van der Waals surface area contributed by atoms with Crippen LogP contribution < -0.4 is 14.8 Å². The lowest BCUT2D eigenvalue weighted by Gasteiger charge is -2.17. The number of carbonyl (C=O) groups is 1. The molecule has 23 heavy (non-hydrogen) atoms. The fourth-order valence-electron chi connectivity index (χ4n) is 1.86. The van der Waals surface area contributed by atoms with E-state index in [2.05, 4.69) is 27.9 Å². The summed E-state index contributed by atoms with van der Waals surface area (Å²) in [6.07, 6.45) is -0.712. The molecule has 6 heteroatoms. The first-order valence-corrected chi connectivity index (χ1v) is 7.92. The minimum Gasteiger partial charge on any atom is -0.493 e. The van der Waals surface area contributed by atoms with Crippen LogP contribution in [-0.2, 0) is 4.79 Å². The SMILES string of the molecule is COc1cc(C#N)ccc1OC(C)C(=O)Nc1ccc(I)cc1. The molecular weight excluding hydrogens is 407 g/mol. The smallest absolute Gasteiger partial charge is 0.265 e. The summed E-state index contributed by atoms with van der Waals surface area (Å²) >= 11 is 2.20. The summed E-state index contributed by atoms with van der Waals surface area (Å²) in [4.78, 5) is 12.2. The number of halogens is 1. The van der Waals surface area contributed by atoms with Crippen LogP contribution in [0.1, 0.15) is 12.5 Å². The van der Waals surface area contributed by atoms with Crippen molar-refractivity contribution in [2.24, 2.45) is 0 Å². The normalized spacial score (nSPS) is 11.2. The Balaban J connectivity index is 2.06. The molecule has 0 saturated heterocycles. The zero-order chi connectivity index (χ0) is 16.8. The zero-order valence-electron chi connectivity index (χ0n) is 12.7. The Morgan fingerprint density at radius 1 is 1.22 bits per heavy atom. The standard InChI is InChI=1S/C17H15IN2O3/c1-11(17(21)20-14-6-4-13(18)5-7-14)23-15-8-3-12(10-19)9-16(15)22-2/h3-9,11H,1-2H3,(H,20,21). The third-order valence-electron chi connectivity index (χ3n) is 3.08. The molecule has 2 rings (SSSR count). The van der Waals surface area contributed by atoms with E-state index in [1.165, 1.54) is 7.11 Å². The number of anilines is 1. The number of hydrogen-bond acceptors (Lipinski definition) is 4. The van der Waals surface area contributed by atoms with E-state index in [4.69, 9.17) is 14.7 Å². The molecule has 0 radical (unpaired) electrons. The van der Waals surface area contributed by atoms with Crippen LogP contribution in [0, 0.1) is 14.9 Å². The number of amides is 1. The Labute approximate surface area is 148 Å². The van der Waals surface area contributed by atoms with Crippen LogP contribution in [-0.4, -0.2) is 19.1 Å². The first-order valence-electron chi connectivity index (χ1n) is 6.84. The molecule has 5 nitrogen and oxygen atoms in total. The highest BCUT2D eigenvalue weighted by Crippen LogP contribution is 2.28. The summed E-state index contributed by atoms with van der Waals surface area (Å²) in [7, 11) is 1.49. The van der Waals surface area contributed by atoms with Crippen LogP contribution in [0.5, 0.6) is 11.5 Å². The molecule has 0 fully saturated rings. The zero-order valence-corrected chi connectivity index (χ0v) is 14.8. The molecule has 2 aromatic rings. The van der Waals surface area contributed by atoms with E-state index in [-0.39, 0.29) is 5.91 Å². The van der Waals surface area contributed by atoms with Crippen molar-refractivity contribution in [3.05, 3.63) is 51.6 Å². The van der Waals surface area contributed by atoms with Crippen molar-refractivity contribution in [3.8, 4) is 17.6 Å². The van der Waals surface area contributed by atoms with Gasteiger partial charge in [0.2, 0.25) is 0 Å². The minimum atomic E-state index is -0.712. The molecule has 0 heterocycles. The monoisotopic (exact) mass is 422 g/mol. The number of rotatable bonds is 5. The molecule has 1 N–H and O–H groups in total. The highest BCUT2D eigenvalue weighted by atomic mass is 127. The van der Waals surface area contributed by atoms with Gasteiger partial charge in [0, 0.05) is 15.3 Å². The van der Waals surface area contributed by atoms with E-state index in [0.717, 1.165) is 3.57 Å². The number of benzene rings is 2. The largest absolute Gasteiger partial charge is 0.493 e. The van der Waals surface area contributed by atoms with E-state index < -0.39 is 6.10 Å². The van der Waals surface area contributed by atoms with Crippen molar-refractivity contribution in [1.82, 2.24) is 0 Å². The van der Waals surface area contributed by atoms with Crippen molar-refractivity contribution in [1.29, 1.82) is 5.26 Å². The lowest BCUT2D eigenvalue weighted by Crippen LogP contribution is -2.30. The molecule has 1 unspecified atom stereocenters. The number of carbonyl (C=O) groups excluding carboxylic acids is 1. The highest BCUT2D eigenvalue weighted by Gasteiger charge is 2.17. The maximum atomic E-state index is 12.2. The topological polar surface area (TPSA) is 71.3 Å². The first-order chi connectivity index (χ1) is 11.0. The second-order valence-electron chi connectivity index (χ2n) is 4.73. The fraction of sp³-hybridized carbons (Fsp3) is 0.176. The van der Waals surface area contributed by atoms with E-state index in [0.29, 0.717) is 22.7 Å². The van der Waals surface area contributed by atoms with E-state index in [1.54, 1.807) is 25.1 Å². The second-order valence-corrected chi connectivity index (χ2v) is 5.98. The summed E-state index contributed by atoms with van der Waals surface area (Å²) in [5.41, 5.74) is 1.17. The van der Waals surface area contributed by atoms with Crippen molar-refractivity contribution in [2.75, 3.05) is 12.4 Å². The second kappa shape index (κ2) is 7.83. The van der Waals surface area contributed by atoms with Crippen molar-refractivity contribution in [2.45, 2.75) is 13.0 Å². The van der Waals surface area contributed by atoms with Crippen LogP contribution in [0.15, 0.2) is 42.5 Å². The molecular formula is C17H15IN2O3. The Bertz CT molecular complexity index is 738. The van der Waals surface area contributed by atoms with Crippen molar-refractivity contribution in [3.63, 3.8) is 0 Å². The van der Waals surface area contributed by atoms with Gasteiger partial charge in [-0.2, -0.15) is 5.26 Å². The maximum absolute atomic E-state index is 12.2. The first kappa shape index (κ1) is 17.1. The average molecular weight is 422 g/mol. The predicted molar refractivity (Wildman–Crippen MR) is 95.6 cm³/mol. The van der Waals surface area contributed by atoms with Gasteiger partial charge in [-0.25, -0.2) is 0 Å². The number of nitriles is 1. The summed E-state index contributed by atoms with van der Waals surface area (Å²) in [6.45, 7) is 1.65. The number of nitrogens with zero attached hydrogens (tertiary/aromatic N) is 1. The quantitative estimate of drug-likeness (QED) is 0.748. The van der Waals surface area contributed by atoms with Crippen LogP contribution in [0.3, 0.4) is 0 Å². The summed E-state index contributed by atoms with van der Waals surface area (Å²) in [5.74, 6) is 0.562. The summed E-state index contributed by atoms with van der Waals surface area (Å²) < 4.78 is 11.9. The van der Waals surface area contributed by atoms with E-state index >= 15 is 0 Å². The molecule has 1 atom stereocenters. The van der Waals surface area contributed by atoms with Gasteiger partial charge < -0.3 is 14.8 Å². The Kier molecular flexibility index (Phi) is 5.82. The Morgan fingerprint density at radius 3 is 2.52 bits per heavy atom. The van der Waals surface area contributed by atoms with Crippen molar-refractivity contribution < 1.29 is 14.3 Å². The van der Waals surface area contributed by atoms with Crippen LogP contribution in [0.25, 0.3) is 0 Å². The summed E-state index contributed by atoms with van der Waals surface area (Å²) in [6, 6.07) is 14.3. The van der Waals surface area contributed by atoms with Gasteiger partial charge in [-0.3, -0.25) is 4.79 Å². The lowest BCUT2D eigenvalue weighted by molar-refractivity contribution is -0.122. The molecule has 1 amide bonds. The van der Waals surface area contributed by atoms with Gasteiger partial charge in [0.1, 0.15) is 0 Å². The van der Waals surface area contributed by atoms with E-state index in [9.17, 15) is 4.79 Å². The number of methoxy groups -OCH3 is 1.